The van der Waals surface area contributed by atoms with Gasteiger partial charge in [0.2, 0.25) is 5.56 Å². The Labute approximate surface area is 99.1 Å². The summed E-state index contributed by atoms with van der Waals surface area (Å²) in [4.78, 5) is 27.5. The molecule has 1 aromatic rings. The number of H-pyrrole nitrogens is 1. The lowest BCUT2D eigenvalue weighted by atomic mass is 10.0. The molecule has 2 N–H and O–H groups in total. The summed E-state index contributed by atoms with van der Waals surface area (Å²) >= 11 is 0. The van der Waals surface area contributed by atoms with Gasteiger partial charge in [0.25, 0.3) is 5.91 Å². The number of hydrogen-bond acceptors (Lipinski definition) is 3. The highest BCUT2D eigenvalue weighted by Crippen LogP contribution is 2.18. The van der Waals surface area contributed by atoms with Crippen molar-refractivity contribution in [3.05, 3.63) is 34.2 Å². The molecule has 0 aromatic carbocycles. The predicted octanol–water partition coefficient (Wildman–Crippen LogP) is 0.362. The number of aromatic amines is 1. The largest absolute Gasteiger partial charge is 0.394 e. The SMILES string of the molecule is O=C(c1cc[nH]c(=O)c1)N1CCCCC1CO. The van der Waals surface area contributed by atoms with Gasteiger partial charge in [0, 0.05) is 24.4 Å². The minimum absolute atomic E-state index is 0.0189. The van der Waals surface area contributed by atoms with Crippen molar-refractivity contribution in [1.82, 2.24) is 9.88 Å². The predicted molar refractivity (Wildman–Crippen MR) is 62.8 cm³/mol. The summed E-state index contributed by atoms with van der Waals surface area (Å²) in [6, 6.07) is 2.77. The molecule has 1 saturated heterocycles. The van der Waals surface area contributed by atoms with Crippen LogP contribution in [0, 0.1) is 0 Å². The van der Waals surface area contributed by atoms with Gasteiger partial charge in [0.05, 0.1) is 12.6 Å². The molecule has 1 aliphatic heterocycles. The molecule has 5 heteroatoms. The van der Waals surface area contributed by atoms with Gasteiger partial charge in [-0.3, -0.25) is 9.59 Å². The fraction of sp³-hybridized carbons (Fsp3) is 0.500. The highest BCUT2D eigenvalue weighted by Gasteiger charge is 2.26. The van der Waals surface area contributed by atoms with Crippen LogP contribution >= 0.6 is 0 Å². The quantitative estimate of drug-likeness (QED) is 0.778. The molecule has 1 unspecified atom stereocenters. The number of nitrogens with one attached hydrogen (secondary N) is 1. The molecule has 92 valence electrons. The lowest BCUT2D eigenvalue weighted by Gasteiger charge is -2.34. The third-order valence-corrected chi connectivity index (χ3v) is 3.12. The van der Waals surface area contributed by atoms with E-state index in [1.54, 1.807) is 11.0 Å². The number of carbonyl (C=O) groups excluding carboxylic acids is 1. The van der Waals surface area contributed by atoms with Gasteiger partial charge < -0.3 is 15.0 Å². The molecule has 1 fully saturated rings. The van der Waals surface area contributed by atoms with Gasteiger partial charge in [-0.15, -0.1) is 0 Å². The summed E-state index contributed by atoms with van der Waals surface area (Å²) in [5.41, 5.74) is 0.0995. The molecule has 2 heterocycles. The first-order chi connectivity index (χ1) is 8.22. The second kappa shape index (κ2) is 5.14. The monoisotopic (exact) mass is 236 g/mol. The molecular formula is C12H16N2O3. The highest BCUT2D eigenvalue weighted by molar-refractivity contribution is 5.94. The number of pyridine rings is 1. The van der Waals surface area contributed by atoms with Crippen LogP contribution in [0.3, 0.4) is 0 Å². The van der Waals surface area contributed by atoms with E-state index in [0.717, 1.165) is 19.3 Å². The summed E-state index contributed by atoms with van der Waals surface area (Å²) in [6.07, 6.45) is 4.27. The van der Waals surface area contributed by atoms with E-state index in [0.29, 0.717) is 12.1 Å². The number of carbonyl (C=O) groups is 1. The zero-order valence-corrected chi connectivity index (χ0v) is 9.56. The number of nitrogens with zero attached hydrogens (tertiary/aromatic N) is 1. The van der Waals surface area contributed by atoms with Gasteiger partial charge in [-0.25, -0.2) is 0 Å². The van der Waals surface area contributed by atoms with Gasteiger partial charge in [-0.1, -0.05) is 0 Å². The second-order valence-electron chi connectivity index (χ2n) is 4.27. The maximum absolute atomic E-state index is 12.2. The van der Waals surface area contributed by atoms with E-state index in [1.807, 2.05) is 0 Å². The van der Waals surface area contributed by atoms with Crippen LogP contribution in [0.15, 0.2) is 23.1 Å². The van der Waals surface area contributed by atoms with Crippen LogP contribution in [-0.2, 0) is 0 Å². The van der Waals surface area contributed by atoms with E-state index < -0.39 is 0 Å². The molecule has 0 spiro atoms. The lowest BCUT2D eigenvalue weighted by Crippen LogP contribution is -2.45. The molecule has 1 aromatic heterocycles. The molecule has 5 nitrogen and oxygen atoms in total. The molecule has 0 saturated carbocycles. The van der Waals surface area contributed by atoms with Crippen molar-refractivity contribution in [1.29, 1.82) is 0 Å². The lowest BCUT2D eigenvalue weighted by molar-refractivity contribution is 0.0503. The smallest absolute Gasteiger partial charge is 0.254 e. The maximum Gasteiger partial charge on any atom is 0.254 e. The standard InChI is InChI=1S/C12H16N2O3/c15-8-10-3-1-2-6-14(10)12(17)9-4-5-13-11(16)7-9/h4-5,7,10,15H,1-3,6,8H2,(H,13,16). The van der Waals surface area contributed by atoms with Crippen molar-refractivity contribution in [3.8, 4) is 0 Å². The van der Waals surface area contributed by atoms with Crippen molar-refractivity contribution >= 4 is 5.91 Å². The number of hydrogen-bond donors (Lipinski definition) is 2. The molecular weight excluding hydrogens is 220 g/mol. The van der Waals surface area contributed by atoms with Crippen molar-refractivity contribution in [2.24, 2.45) is 0 Å². The number of amides is 1. The Morgan fingerprint density at radius 2 is 2.35 bits per heavy atom. The van der Waals surface area contributed by atoms with Crippen LogP contribution in [0.25, 0.3) is 0 Å². The van der Waals surface area contributed by atoms with Crippen LogP contribution in [0.4, 0.5) is 0 Å². The zero-order chi connectivity index (χ0) is 12.3. The molecule has 1 amide bonds. The van der Waals surface area contributed by atoms with Crippen LogP contribution in [0.1, 0.15) is 29.6 Å². The zero-order valence-electron chi connectivity index (χ0n) is 9.56. The Hall–Kier alpha value is -1.62. The van der Waals surface area contributed by atoms with E-state index in [9.17, 15) is 14.7 Å². The molecule has 0 aliphatic carbocycles. The Kier molecular flexibility index (Phi) is 3.58. The fourth-order valence-electron chi connectivity index (χ4n) is 2.20. The molecule has 2 rings (SSSR count). The summed E-state index contributed by atoms with van der Waals surface area (Å²) in [7, 11) is 0. The first-order valence-electron chi connectivity index (χ1n) is 5.83. The van der Waals surface area contributed by atoms with E-state index in [-0.39, 0.29) is 24.1 Å². The Morgan fingerprint density at radius 3 is 3.06 bits per heavy atom. The first kappa shape index (κ1) is 11.9. The van der Waals surface area contributed by atoms with Crippen LogP contribution < -0.4 is 5.56 Å². The van der Waals surface area contributed by atoms with Crippen LogP contribution in [0.5, 0.6) is 0 Å². The number of aliphatic hydroxyl groups is 1. The van der Waals surface area contributed by atoms with E-state index >= 15 is 0 Å². The number of rotatable bonds is 2. The summed E-state index contributed by atoms with van der Waals surface area (Å²) in [6.45, 7) is 0.631. The number of likely N-dealkylation sites (tertiary alicyclic amines) is 1. The van der Waals surface area contributed by atoms with Gasteiger partial charge in [-0.2, -0.15) is 0 Å². The third kappa shape index (κ3) is 2.55. The van der Waals surface area contributed by atoms with E-state index in [2.05, 4.69) is 4.98 Å². The Morgan fingerprint density at radius 1 is 1.53 bits per heavy atom. The normalized spacial score (nSPS) is 20.3. The fourth-order valence-corrected chi connectivity index (χ4v) is 2.20. The molecule has 0 radical (unpaired) electrons. The van der Waals surface area contributed by atoms with Gasteiger partial charge in [0.1, 0.15) is 0 Å². The summed E-state index contributed by atoms with van der Waals surface area (Å²) < 4.78 is 0. The summed E-state index contributed by atoms with van der Waals surface area (Å²) in [5.74, 6) is -0.171. The number of aliphatic hydroxyl groups excluding tert-OH is 1. The van der Waals surface area contributed by atoms with Crippen LogP contribution in [-0.4, -0.2) is 40.1 Å². The average molecular weight is 236 g/mol. The van der Waals surface area contributed by atoms with Crippen LogP contribution in [0.2, 0.25) is 0 Å². The van der Waals surface area contributed by atoms with Gasteiger partial charge >= 0.3 is 0 Å². The maximum atomic E-state index is 12.2. The van der Waals surface area contributed by atoms with Crippen molar-refractivity contribution in [2.45, 2.75) is 25.3 Å². The van der Waals surface area contributed by atoms with Gasteiger partial charge in [0.15, 0.2) is 0 Å². The van der Waals surface area contributed by atoms with Crippen molar-refractivity contribution in [2.75, 3.05) is 13.2 Å². The average Bonchev–Trinajstić information content (AvgIpc) is 2.38. The van der Waals surface area contributed by atoms with Crippen molar-refractivity contribution in [3.63, 3.8) is 0 Å². The molecule has 1 atom stereocenters. The van der Waals surface area contributed by atoms with E-state index in [1.165, 1.54) is 12.3 Å². The number of aromatic nitrogens is 1. The Bertz CT molecular complexity index is 455. The summed E-state index contributed by atoms with van der Waals surface area (Å²) in [5, 5.41) is 9.25. The highest BCUT2D eigenvalue weighted by atomic mass is 16.3. The molecule has 1 aliphatic rings. The Balaban J connectivity index is 2.21. The first-order valence-corrected chi connectivity index (χ1v) is 5.83. The minimum Gasteiger partial charge on any atom is -0.394 e. The third-order valence-electron chi connectivity index (χ3n) is 3.12. The minimum atomic E-state index is -0.284. The molecule has 17 heavy (non-hydrogen) atoms. The second-order valence-corrected chi connectivity index (χ2v) is 4.27. The topological polar surface area (TPSA) is 73.4 Å². The molecule has 0 bridgehead atoms. The van der Waals surface area contributed by atoms with Gasteiger partial charge in [-0.05, 0) is 25.3 Å². The van der Waals surface area contributed by atoms with Crippen molar-refractivity contribution < 1.29 is 9.90 Å². The number of piperidine rings is 1. The van der Waals surface area contributed by atoms with E-state index in [4.69, 9.17) is 0 Å².